The van der Waals surface area contributed by atoms with Crippen molar-refractivity contribution < 1.29 is 19.4 Å². The molecule has 8 heteroatoms. The largest absolute Gasteiger partial charge is 0.476 e. The van der Waals surface area contributed by atoms with Gasteiger partial charge in [0.1, 0.15) is 0 Å². The molecule has 1 amide bonds. The molecule has 0 unspecified atom stereocenters. The van der Waals surface area contributed by atoms with Gasteiger partial charge < -0.3 is 14.7 Å². The van der Waals surface area contributed by atoms with E-state index in [0.717, 1.165) is 19.4 Å². The fourth-order valence-corrected chi connectivity index (χ4v) is 2.50. The standard InChI is InChI=1S/C11H14N4O4/c16-10-9-8(11(17)18)12-13-15(9)4-3-14(10)6-7-2-1-5-19-7/h7H,1-6H2,(H,17,18)/t7-/m0/s1. The summed E-state index contributed by atoms with van der Waals surface area (Å²) < 4.78 is 6.86. The molecule has 0 radical (unpaired) electrons. The van der Waals surface area contributed by atoms with E-state index in [0.29, 0.717) is 19.6 Å². The summed E-state index contributed by atoms with van der Waals surface area (Å²) in [6.45, 7) is 2.21. The zero-order chi connectivity index (χ0) is 13.4. The minimum atomic E-state index is -1.23. The van der Waals surface area contributed by atoms with Crippen molar-refractivity contribution >= 4 is 11.9 Å². The maximum atomic E-state index is 12.3. The Morgan fingerprint density at radius 2 is 2.32 bits per heavy atom. The number of nitrogens with zero attached hydrogens (tertiary/aromatic N) is 4. The van der Waals surface area contributed by atoms with Crippen LogP contribution >= 0.6 is 0 Å². The fraction of sp³-hybridized carbons (Fsp3) is 0.636. The average molecular weight is 266 g/mol. The second-order valence-electron chi connectivity index (χ2n) is 4.70. The highest BCUT2D eigenvalue weighted by atomic mass is 16.5. The van der Waals surface area contributed by atoms with Crippen LogP contribution in [0.2, 0.25) is 0 Å². The van der Waals surface area contributed by atoms with Crippen molar-refractivity contribution in [2.24, 2.45) is 0 Å². The summed E-state index contributed by atoms with van der Waals surface area (Å²) in [6, 6.07) is 0. The molecule has 8 nitrogen and oxygen atoms in total. The molecule has 3 heterocycles. The molecule has 2 aliphatic heterocycles. The molecule has 1 aromatic heterocycles. The predicted octanol–water partition coefficient (Wildman–Crippen LogP) is -0.389. The lowest BCUT2D eigenvalue weighted by atomic mass is 10.2. The Bertz CT molecular complexity index is 521. The summed E-state index contributed by atoms with van der Waals surface area (Å²) in [4.78, 5) is 24.9. The Morgan fingerprint density at radius 3 is 3.00 bits per heavy atom. The number of rotatable bonds is 3. The summed E-state index contributed by atoms with van der Waals surface area (Å²) in [5.41, 5.74) is -0.209. The Kier molecular flexibility index (Phi) is 2.94. The van der Waals surface area contributed by atoms with Crippen LogP contribution in [-0.2, 0) is 11.3 Å². The molecule has 1 atom stereocenters. The Hall–Kier alpha value is -1.96. The number of carbonyl (C=O) groups is 2. The van der Waals surface area contributed by atoms with Gasteiger partial charge in [-0.3, -0.25) is 4.79 Å². The molecule has 1 N–H and O–H groups in total. The fourth-order valence-electron chi connectivity index (χ4n) is 2.50. The lowest BCUT2D eigenvalue weighted by Gasteiger charge is -2.29. The summed E-state index contributed by atoms with van der Waals surface area (Å²) >= 11 is 0. The zero-order valence-corrected chi connectivity index (χ0v) is 10.3. The number of carboxylic acid groups (broad SMARTS) is 1. The monoisotopic (exact) mass is 266 g/mol. The van der Waals surface area contributed by atoms with Gasteiger partial charge in [0.05, 0.1) is 12.6 Å². The number of hydrogen-bond donors (Lipinski definition) is 1. The van der Waals surface area contributed by atoms with Crippen molar-refractivity contribution in [1.29, 1.82) is 0 Å². The van der Waals surface area contributed by atoms with Gasteiger partial charge in [0.25, 0.3) is 5.91 Å². The second-order valence-corrected chi connectivity index (χ2v) is 4.70. The molecule has 102 valence electrons. The van der Waals surface area contributed by atoms with Gasteiger partial charge in [-0.2, -0.15) is 0 Å². The van der Waals surface area contributed by atoms with Gasteiger partial charge in [0.15, 0.2) is 5.69 Å². The smallest absolute Gasteiger partial charge is 0.358 e. The molecule has 0 aliphatic carbocycles. The molecule has 3 rings (SSSR count). The maximum Gasteiger partial charge on any atom is 0.358 e. The van der Waals surface area contributed by atoms with Crippen molar-refractivity contribution in [3.8, 4) is 0 Å². The molecular weight excluding hydrogens is 252 g/mol. The Labute approximate surface area is 108 Å². The van der Waals surface area contributed by atoms with E-state index in [9.17, 15) is 9.59 Å². The van der Waals surface area contributed by atoms with E-state index in [1.165, 1.54) is 4.68 Å². The van der Waals surface area contributed by atoms with Gasteiger partial charge >= 0.3 is 5.97 Å². The van der Waals surface area contributed by atoms with Crippen LogP contribution in [0.1, 0.15) is 33.8 Å². The van der Waals surface area contributed by atoms with Gasteiger partial charge in [-0.05, 0) is 12.8 Å². The van der Waals surface area contributed by atoms with Crippen LogP contribution in [0.15, 0.2) is 0 Å². The van der Waals surface area contributed by atoms with Crippen LogP contribution in [0, 0.1) is 0 Å². The molecule has 19 heavy (non-hydrogen) atoms. The van der Waals surface area contributed by atoms with Crippen molar-refractivity contribution in [2.45, 2.75) is 25.5 Å². The normalized spacial score (nSPS) is 22.6. The van der Waals surface area contributed by atoms with Crippen LogP contribution < -0.4 is 0 Å². The van der Waals surface area contributed by atoms with Crippen molar-refractivity contribution in [2.75, 3.05) is 19.7 Å². The predicted molar refractivity (Wildman–Crippen MR) is 61.9 cm³/mol. The highest BCUT2D eigenvalue weighted by Gasteiger charge is 2.34. The van der Waals surface area contributed by atoms with Crippen molar-refractivity contribution in [3.05, 3.63) is 11.4 Å². The molecule has 0 bridgehead atoms. The maximum absolute atomic E-state index is 12.3. The minimum Gasteiger partial charge on any atom is -0.476 e. The highest BCUT2D eigenvalue weighted by Crippen LogP contribution is 2.19. The van der Waals surface area contributed by atoms with Crippen LogP contribution in [0.4, 0.5) is 0 Å². The van der Waals surface area contributed by atoms with Gasteiger partial charge in [0, 0.05) is 19.7 Å². The molecule has 1 fully saturated rings. The quantitative estimate of drug-likeness (QED) is 0.800. The number of ether oxygens (including phenoxy) is 1. The van der Waals surface area contributed by atoms with Crippen molar-refractivity contribution in [1.82, 2.24) is 19.9 Å². The molecule has 0 spiro atoms. The number of fused-ring (bicyclic) bond motifs is 1. The van der Waals surface area contributed by atoms with E-state index in [-0.39, 0.29) is 23.4 Å². The number of aromatic carboxylic acids is 1. The minimum absolute atomic E-state index is 0.0552. The highest BCUT2D eigenvalue weighted by molar-refractivity contribution is 6.02. The van der Waals surface area contributed by atoms with Gasteiger partial charge in [-0.15, -0.1) is 5.10 Å². The van der Waals surface area contributed by atoms with Gasteiger partial charge in [-0.25, -0.2) is 9.48 Å². The summed E-state index contributed by atoms with van der Waals surface area (Å²) in [6.07, 6.45) is 2.00. The van der Waals surface area contributed by atoms with Crippen LogP contribution in [0.3, 0.4) is 0 Å². The third kappa shape index (κ3) is 2.07. The number of amides is 1. The lowest BCUT2D eigenvalue weighted by Crippen LogP contribution is -2.44. The SMILES string of the molecule is O=C(O)c1nnn2c1C(=O)N(C[C@@H]1CCCO1)CC2. The number of carbonyl (C=O) groups excluding carboxylic acids is 1. The van der Waals surface area contributed by atoms with E-state index < -0.39 is 5.97 Å². The number of aromatic nitrogens is 3. The second kappa shape index (κ2) is 4.61. The van der Waals surface area contributed by atoms with E-state index in [1.54, 1.807) is 4.90 Å². The van der Waals surface area contributed by atoms with Crippen LogP contribution in [0.5, 0.6) is 0 Å². The lowest BCUT2D eigenvalue weighted by molar-refractivity contribution is 0.0461. The average Bonchev–Trinajstić information content (AvgIpc) is 3.01. The van der Waals surface area contributed by atoms with E-state index in [2.05, 4.69) is 10.3 Å². The summed E-state index contributed by atoms with van der Waals surface area (Å²) in [5, 5.41) is 16.3. The first kappa shape index (κ1) is 12.1. The van der Waals surface area contributed by atoms with Crippen LogP contribution in [0.25, 0.3) is 0 Å². The number of hydrogen-bond acceptors (Lipinski definition) is 5. The zero-order valence-electron chi connectivity index (χ0n) is 10.3. The van der Waals surface area contributed by atoms with E-state index >= 15 is 0 Å². The molecule has 1 saturated heterocycles. The summed E-state index contributed by atoms with van der Waals surface area (Å²) in [5.74, 6) is -1.56. The van der Waals surface area contributed by atoms with E-state index in [4.69, 9.17) is 9.84 Å². The first-order valence-electron chi connectivity index (χ1n) is 6.24. The third-order valence-electron chi connectivity index (χ3n) is 3.46. The Balaban J connectivity index is 1.82. The first-order valence-corrected chi connectivity index (χ1v) is 6.24. The van der Waals surface area contributed by atoms with E-state index in [1.807, 2.05) is 0 Å². The summed E-state index contributed by atoms with van der Waals surface area (Å²) in [7, 11) is 0. The Morgan fingerprint density at radius 1 is 1.47 bits per heavy atom. The van der Waals surface area contributed by atoms with Gasteiger partial charge in [-0.1, -0.05) is 5.21 Å². The molecule has 0 aromatic carbocycles. The van der Waals surface area contributed by atoms with Crippen molar-refractivity contribution in [3.63, 3.8) is 0 Å². The molecule has 1 aromatic rings. The van der Waals surface area contributed by atoms with Gasteiger partial charge in [0.2, 0.25) is 5.69 Å². The first-order chi connectivity index (χ1) is 9.16. The molecule has 2 aliphatic rings. The molecule has 0 saturated carbocycles. The third-order valence-corrected chi connectivity index (χ3v) is 3.46. The topological polar surface area (TPSA) is 97.5 Å². The molecular formula is C11H14N4O4. The number of carboxylic acids is 1. The van der Waals surface area contributed by atoms with Crippen LogP contribution in [-0.4, -0.2) is 62.7 Å².